The van der Waals surface area contributed by atoms with E-state index in [-0.39, 0.29) is 21.8 Å². The largest absolute Gasteiger partial charge is 0.447 e. The monoisotopic (exact) mass is 303 g/mol. The predicted octanol–water partition coefficient (Wildman–Crippen LogP) is 3.62. The van der Waals surface area contributed by atoms with Gasteiger partial charge in [-0.05, 0) is 6.07 Å². The fraction of sp³-hybridized carbons (Fsp3) is 0. The van der Waals surface area contributed by atoms with E-state index in [0.29, 0.717) is 0 Å². The SMILES string of the molecule is O=[N+]([O-])c1ccc(F)cc1Oc1cc(Cl)nnc1Cl. The third kappa shape index (κ3) is 3.07. The van der Waals surface area contributed by atoms with E-state index < -0.39 is 16.4 Å². The fourth-order valence-corrected chi connectivity index (χ4v) is 1.52. The zero-order valence-electron chi connectivity index (χ0n) is 9.01. The summed E-state index contributed by atoms with van der Waals surface area (Å²) in [7, 11) is 0. The standard InChI is InChI=1S/C10H4Cl2FN3O3/c11-9-4-8(10(12)15-14-9)19-7-3-5(13)1-2-6(7)16(17)18/h1-4H. The number of hydrogen-bond donors (Lipinski definition) is 0. The van der Waals surface area contributed by atoms with Gasteiger partial charge in [0.1, 0.15) is 5.82 Å². The molecule has 0 saturated carbocycles. The maximum atomic E-state index is 13.1. The van der Waals surface area contributed by atoms with Crippen LogP contribution in [-0.4, -0.2) is 15.1 Å². The van der Waals surface area contributed by atoms with Crippen LogP contribution in [0.3, 0.4) is 0 Å². The van der Waals surface area contributed by atoms with Crippen molar-refractivity contribution in [2.45, 2.75) is 0 Å². The van der Waals surface area contributed by atoms with Gasteiger partial charge in [0, 0.05) is 18.2 Å². The summed E-state index contributed by atoms with van der Waals surface area (Å²) in [5, 5.41) is 17.5. The van der Waals surface area contributed by atoms with Crippen LogP contribution in [0, 0.1) is 15.9 Å². The highest BCUT2D eigenvalue weighted by molar-refractivity contribution is 6.32. The van der Waals surface area contributed by atoms with Crippen LogP contribution in [0.25, 0.3) is 0 Å². The van der Waals surface area contributed by atoms with Crippen LogP contribution >= 0.6 is 23.2 Å². The maximum absolute atomic E-state index is 13.1. The summed E-state index contributed by atoms with van der Waals surface area (Å²) in [6.45, 7) is 0. The second-order valence-electron chi connectivity index (χ2n) is 3.29. The van der Waals surface area contributed by atoms with E-state index in [1.54, 1.807) is 0 Å². The van der Waals surface area contributed by atoms with Gasteiger partial charge in [-0.1, -0.05) is 23.2 Å². The van der Waals surface area contributed by atoms with Crippen LogP contribution < -0.4 is 4.74 Å². The Morgan fingerprint density at radius 3 is 2.63 bits per heavy atom. The number of halogens is 3. The molecule has 19 heavy (non-hydrogen) atoms. The minimum absolute atomic E-state index is 0.0153. The van der Waals surface area contributed by atoms with Crippen molar-refractivity contribution in [1.82, 2.24) is 10.2 Å². The summed E-state index contributed by atoms with van der Waals surface area (Å²) in [6, 6.07) is 4.01. The van der Waals surface area contributed by atoms with Crippen molar-refractivity contribution in [3.05, 3.63) is 50.5 Å². The molecular weight excluding hydrogens is 300 g/mol. The van der Waals surface area contributed by atoms with Crippen molar-refractivity contribution in [3.63, 3.8) is 0 Å². The lowest BCUT2D eigenvalue weighted by Gasteiger charge is -2.07. The van der Waals surface area contributed by atoms with E-state index in [4.69, 9.17) is 27.9 Å². The Hall–Kier alpha value is -1.99. The first-order valence-corrected chi connectivity index (χ1v) is 5.53. The number of hydrogen-bond acceptors (Lipinski definition) is 5. The third-order valence-electron chi connectivity index (χ3n) is 2.03. The number of nitro benzene ring substituents is 1. The van der Waals surface area contributed by atoms with Gasteiger partial charge in [-0.25, -0.2) is 4.39 Å². The zero-order chi connectivity index (χ0) is 14.0. The van der Waals surface area contributed by atoms with Crippen LogP contribution in [0.2, 0.25) is 10.3 Å². The molecule has 6 nitrogen and oxygen atoms in total. The highest BCUT2D eigenvalue weighted by Crippen LogP contribution is 2.34. The van der Waals surface area contributed by atoms with Gasteiger partial charge in [-0.2, -0.15) is 0 Å². The average Bonchev–Trinajstić information content (AvgIpc) is 2.33. The van der Waals surface area contributed by atoms with Crippen molar-refractivity contribution < 1.29 is 14.1 Å². The predicted molar refractivity (Wildman–Crippen MR) is 65.2 cm³/mol. The van der Waals surface area contributed by atoms with Crippen LogP contribution in [0.4, 0.5) is 10.1 Å². The fourth-order valence-electron chi connectivity index (χ4n) is 1.25. The van der Waals surface area contributed by atoms with E-state index in [9.17, 15) is 14.5 Å². The second kappa shape index (κ2) is 5.33. The number of rotatable bonds is 3. The third-order valence-corrected chi connectivity index (χ3v) is 2.47. The molecule has 0 saturated heterocycles. The molecule has 0 aliphatic rings. The molecule has 1 aromatic carbocycles. The minimum atomic E-state index is -0.709. The zero-order valence-corrected chi connectivity index (χ0v) is 10.5. The molecular formula is C10H4Cl2FN3O3. The van der Waals surface area contributed by atoms with Crippen molar-refractivity contribution in [2.75, 3.05) is 0 Å². The Morgan fingerprint density at radius 2 is 1.95 bits per heavy atom. The average molecular weight is 304 g/mol. The summed E-state index contributed by atoms with van der Waals surface area (Å²) >= 11 is 11.3. The van der Waals surface area contributed by atoms with Gasteiger partial charge < -0.3 is 4.74 Å². The molecule has 0 atom stereocenters. The van der Waals surface area contributed by atoms with E-state index in [0.717, 1.165) is 18.2 Å². The molecule has 0 amide bonds. The van der Waals surface area contributed by atoms with Crippen LogP contribution in [0.5, 0.6) is 11.5 Å². The molecule has 0 aliphatic carbocycles. The van der Waals surface area contributed by atoms with Gasteiger partial charge in [0.2, 0.25) is 5.75 Å². The Bertz CT molecular complexity index is 654. The Labute approximate surface area is 115 Å². The van der Waals surface area contributed by atoms with E-state index in [1.807, 2.05) is 0 Å². The summed E-state index contributed by atoms with van der Waals surface area (Å²) in [4.78, 5) is 10.1. The van der Waals surface area contributed by atoms with Gasteiger partial charge in [-0.15, -0.1) is 10.2 Å². The topological polar surface area (TPSA) is 78.2 Å². The first-order chi connectivity index (χ1) is 8.97. The molecule has 0 radical (unpaired) electrons. The highest BCUT2D eigenvalue weighted by Gasteiger charge is 2.18. The van der Waals surface area contributed by atoms with Gasteiger partial charge in [0.05, 0.1) is 4.92 Å². The molecule has 9 heteroatoms. The molecule has 0 aliphatic heterocycles. The molecule has 2 aromatic rings. The van der Waals surface area contributed by atoms with Crippen molar-refractivity contribution in [1.29, 1.82) is 0 Å². The molecule has 98 valence electrons. The van der Waals surface area contributed by atoms with Gasteiger partial charge >= 0.3 is 5.69 Å². The van der Waals surface area contributed by atoms with Crippen LogP contribution in [0.15, 0.2) is 24.3 Å². The molecule has 1 aromatic heterocycles. The maximum Gasteiger partial charge on any atom is 0.311 e. The summed E-state index contributed by atoms with van der Waals surface area (Å²) < 4.78 is 18.3. The van der Waals surface area contributed by atoms with E-state index >= 15 is 0 Å². The molecule has 0 spiro atoms. The number of nitrogens with zero attached hydrogens (tertiary/aromatic N) is 3. The number of benzene rings is 1. The lowest BCUT2D eigenvalue weighted by Crippen LogP contribution is -1.96. The van der Waals surface area contributed by atoms with Crippen molar-refractivity contribution in [3.8, 4) is 11.5 Å². The summed E-state index contributed by atoms with van der Waals surface area (Å²) in [5.41, 5.74) is -0.412. The lowest BCUT2D eigenvalue weighted by atomic mass is 10.3. The highest BCUT2D eigenvalue weighted by atomic mass is 35.5. The molecule has 2 rings (SSSR count). The van der Waals surface area contributed by atoms with Gasteiger partial charge in [-0.3, -0.25) is 10.1 Å². The Kier molecular flexibility index (Phi) is 3.77. The molecule has 1 heterocycles. The van der Waals surface area contributed by atoms with Crippen LogP contribution in [-0.2, 0) is 0 Å². The number of nitro groups is 1. The number of ether oxygens (including phenoxy) is 1. The first-order valence-electron chi connectivity index (χ1n) is 4.78. The second-order valence-corrected chi connectivity index (χ2v) is 4.04. The summed E-state index contributed by atoms with van der Waals surface area (Å²) in [6.07, 6.45) is 0. The molecule has 0 fully saturated rings. The first kappa shape index (κ1) is 13.4. The Balaban J connectivity index is 2.45. The molecule has 0 unspecified atom stereocenters. The Morgan fingerprint density at radius 1 is 1.21 bits per heavy atom. The smallest absolute Gasteiger partial charge is 0.311 e. The number of aromatic nitrogens is 2. The minimum Gasteiger partial charge on any atom is -0.447 e. The van der Waals surface area contributed by atoms with Crippen molar-refractivity contribution in [2.24, 2.45) is 0 Å². The van der Waals surface area contributed by atoms with Crippen LogP contribution in [0.1, 0.15) is 0 Å². The quantitative estimate of drug-likeness (QED) is 0.639. The molecule has 0 N–H and O–H groups in total. The van der Waals surface area contributed by atoms with Gasteiger partial charge in [0.25, 0.3) is 0 Å². The van der Waals surface area contributed by atoms with E-state index in [1.165, 1.54) is 6.07 Å². The van der Waals surface area contributed by atoms with Crippen molar-refractivity contribution >= 4 is 28.9 Å². The normalized spacial score (nSPS) is 10.3. The van der Waals surface area contributed by atoms with E-state index in [2.05, 4.69) is 10.2 Å². The molecule has 0 bridgehead atoms. The van der Waals surface area contributed by atoms with Gasteiger partial charge in [0.15, 0.2) is 16.1 Å². The summed E-state index contributed by atoms with van der Waals surface area (Å²) in [5.74, 6) is -1.06. The lowest BCUT2D eigenvalue weighted by molar-refractivity contribution is -0.385.